The molecule has 0 fully saturated rings. The molecule has 0 spiro atoms. The second-order valence-corrected chi connectivity index (χ2v) is 5.73. The fourth-order valence-corrected chi connectivity index (χ4v) is 2.45. The first-order chi connectivity index (χ1) is 8.90. The number of aryl methyl sites for hydroxylation is 1. The van der Waals surface area contributed by atoms with Gasteiger partial charge in [-0.05, 0) is 30.7 Å². The molecule has 19 heavy (non-hydrogen) atoms. The third-order valence-electron chi connectivity index (χ3n) is 2.49. The molecule has 0 bridgehead atoms. The van der Waals surface area contributed by atoms with Crippen LogP contribution in [0.15, 0.2) is 18.2 Å². The Morgan fingerprint density at radius 2 is 2.16 bits per heavy atom. The molecule has 1 atom stereocenters. The third kappa shape index (κ3) is 5.53. The molecule has 2 N–H and O–H groups in total. The smallest absolute Gasteiger partial charge is 0.307 e. The number of carbonyl (C=O) groups excluding carboxylic acids is 1. The molecule has 0 aliphatic heterocycles. The summed E-state index contributed by atoms with van der Waals surface area (Å²) < 4.78 is 0. The Kier molecular flexibility index (Phi) is 6.18. The monoisotopic (exact) mass is 301 g/mol. The molecule has 6 heteroatoms. The Balaban J connectivity index is 2.41. The van der Waals surface area contributed by atoms with E-state index in [0.717, 1.165) is 11.3 Å². The first kappa shape index (κ1) is 15.9. The Hall–Kier alpha value is -1.20. The summed E-state index contributed by atoms with van der Waals surface area (Å²) in [6, 6.07) is 5.24. The molecular formula is C13H16ClNO3S. The Morgan fingerprint density at radius 1 is 1.47 bits per heavy atom. The maximum absolute atomic E-state index is 11.7. The van der Waals surface area contributed by atoms with Crippen molar-refractivity contribution in [1.29, 1.82) is 0 Å². The molecule has 1 rings (SSSR count). The molecule has 1 unspecified atom stereocenters. The van der Waals surface area contributed by atoms with Crippen LogP contribution >= 0.6 is 23.4 Å². The van der Waals surface area contributed by atoms with Crippen molar-refractivity contribution in [2.24, 2.45) is 5.92 Å². The Bertz CT molecular complexity index is 479. The number of halogens is 1. The number of carboxylic acids is 1. The third-order valence-corrected chi connectivity index (χ3v) is 3.92. The average molecular weight is 302 g/mol. The van der Waals surface area contributed by atoms with Gasteiger partial charge in [0.1, 0.15) is 0 Å². The first-order valence-corrected chi connectivity index (χ1v) is 7.30. The van der Waals surface area contributed by atoms with Gasteiger partial charge < -0.3 is 10.4 Å². The van der Waals surface area contributed by atoms with Crippen LogP contribution in [0, 0.1) is 12.8 Å². The van der Waals surface area contributed by atoms with Crippen molar-refractivity contribution in [1.82, 2.24) is 0 Å². The molecule has 0 heterocycles. The van der Waals surface area contributed by atoms with Gasteiger partial charge in [-0.1, -0.05) is 18.5 Å². The summed E-state index contributed by atoms with van der Waals surface area (Å²) in [6.07, 6.45) is 0. The minimum Gasteiger partial charge on any atom is -0.481 e. The van der Waals surface area contributed by atoms with Gasteiger partial charge in [-0.3, -0.25) is 9.59 Å². The van der Waals surface area contributed by atoms with Crippen LogP contribution in [0.1, 0.15) is 12.5 Å². The lowest BCUT2D eigenvalue weighted by Crippen LogP contribution is -2.17. The predicted octanol–water partition coefficient (Wildman–Crippen LogP) is 3.04. The van der Waals surface area contributed by atoms with Gasteiger partial charge in [0.25, 0.3) is 0 Å². The van der Waals surface area contributed by atoms with Crippen LogP contribution in [0.25, 0.3) is 0 Å². The summed E-state index contributed by atoms with van der Waals surface area (Å²) in [6.45, 7) is 3.48. The Morgan fingerprint density at radius 3 is 2.74 bits per heavy atom. The molecule has 1 amide bonds. The maximum atomic E-state index is 11.7. The Labute approximate surface area is 121 Å². The van der Waals surface area contributed by atoms with E-state index in [1.807, 2.05) is 6.92 Å². The number of aliphatic carboxylic acids is 1. The van der Waals surface area contributed by atoms with Crippen molar-refractivity contribution in [3.63, 3.8) is 0 Å². The molecular weight excluding hydrogens is 286 g/mol. The van der Waals surface area contributed by atoms with Crippen LogP contribution in [0.3, 0.4) is 0 Å². The van der Waals surface area contributed by atoms with Gasteiger partial charge in [-0.2, -0.15) is 11.8 Å². The lowest BCUT2D eigenvalue weighted by Gasteiger charge is -2.09. The van der Waals surface area contributed by atoms with Gasteiger partial charge in [0.05, 0.1) is 11.7 Å². The summed E-state index contributed by atoms with van der Waals surface area (Å²) in [7, 11) is 0. The van der Waals surface area contributed by atoms with E-state index in [1.54, 1.807) is 25.1 Å². The van der Waals surface area contributed by atoms with Crippen LogP contribution in [0.5, 0.6) is 0 Å². The number of amides is 1. The number of benzene rings is 1. The number of nitrogens with one attached hydrogen (secondary N) is 1. The molecule has 0 aliphatic carbocycles. The molecule has 0 saturated carbocycles. The van der Waals surface area contributed by atoms with Gasteiger partial charge in [-0.25, -0.2) is 0 Å². The molecule has 0 radical (unpaired) electrons. The number of carboxylic acid groups (broad SMARTS) is 1. The molecule has 1 aromatic carbocycles. The van der Waals surface area contributed by atoms with Gasteiger partial charge in [-0.15, -0.1) is 0 Å². The van der Waals surface area contributed by atoms with E-state index < -0.39 is 11.9 Å². The summed E-state index contributed by atoms with van der Waals surface area (Å²) in [5.74, 6) is -0.785. The van der Waals surface area contributed by atoms with Gasteiger partial charge >= 0.3 is 5.97 Å². The molecule has 4 nitrogen and oxygen atoms in total. The quantitative estimate of drug-likeness (QED) is 0.847. The highest BCUT2D eigenvalue weighted by Gasteiger charge is 2.12. The van der Waals surface area contributed by atoms with Gasteiger partial charge in [0.15, 0.2) is 0 Å². The molecule has 0 saturated heterocycles. The van der Waals surface area contributed by atoms with E-state index in [0.29, 0.717) is 10.8 Å². The summed E-state index contributed by atoms with van der Waals surface area (Å²) >= 11 is 7.14. The van der Waals surface area contributed by atoms with E-state index in [4.69, 9.17) is 16.7 Å². The van der Waals surface area contributed by atoms with E-state index in [2.05, 4.69) is 5.32 Å². The zero-order valence-corrected chi connectivity index (χ0v) is 12.3. The second kappa shape index (κ2) is 7.40. The van der Waals surface area contributed by atoms with Gasteiger partial charge in [0, 0.05) is 16.5 Å². The van der Waals surface area contributed by atoms with Gasteiger partial charge in [0.2, 0.25) is 5.91 Å². The highest BCUT2D eigenvalue weighted by Crippen LogP contribution is 2.20. The zero-order chi connectivity index (χ0) is 14.4. The molecule has 0 aromatic heterocycles. The van der Waals surface area contributed by atoms with Crippen molar-refractivity contribution in [3.8, 4) is 0 Å². The van der Waals surface area contributed by atoms with E-state index in [9.17, 15) is 9.59 Å². The highest BCUT2D eigenvalue weighted by atomic mass is 35.5. The van der Waals surface area contributed by atoms with E-state index in [1.165, 1.54) is 11.8 Å². The number of anilines is 1. The number of hydrogen-bond acceptors (Lipinski definition) is 3. The number of rotatable bonds is 6. The molecule has 1 aromatic rings. The van der Waals surface area contributed by atoms with Crippen LogP contribution < -0.4 is 5.32 Å². The topological polar surface area (TPSA) is 66.4 Å². The standard InChI is InChI=1S/C13H16ClNO3S/c1-8-5-10(14)3-4-11(8)15-12(16)7-19-6-9(2)13(17)18/h3-5,9H,6-7H2,1-2H3,(H,15,16)(H,17,18). The largest absolute Gasteiger partial charge is 0.481 e. The van der Waals surface area contributed by atoms with Crippen molar-refractivity contribution in [2.45, 2.75) is 13.8 Å². The SMILES string of the molecule is Cc1cc(Cl)ccc1NC(=O)CSCC(C)C(=O)O. The zero-order valence-electron chi connectivity index (χ0n) is 10.8. The van der Waals surface area contributed by atoms with Crippen molar-refractivity contribution < 1.29 is 14.7 Å². The van der Waals surface area contributed by atoms with Crippen molar-refractivity contribution in [2.75, 3.05) is 16.8 Å². The predicted molar refractivity (Wildman–Crippen MR) is 78.9 cm³/mol. The number of thioether (sulfide) groups is 1. The van der Waals surface area contributed by atoms with E-state index in [-0.39, 0.29) is 11.7 Å². The van der Waals surface area contributed by atoms with Crippen molar-refractivity contribution in [3.05, 3.63) is 28.8 Å². The number of hydrogen-bond donors (Lipinski definition) is 2. The van der Waals surface area contributed by atoms with Crippen LogP contribution in [0.4, 0.5) is 5.69 Å². The van der Waals surface area contributed by atoms with Crippen LogP contribution in [-0.2, 0) is 9.59 Å². The summed E-state index contributed by atoms with van der Waals surface area (Å²) in [5.41, 5.74) is 1.62. The molecule has 0 aliphatic rings. The van der Waals surface area contributed by atoms with Crippen LogP contribution in [0.2, 0.25) is 5.02 Å². The summed E-state index contributed by atoms with van der Waals surface area (Å²) in [4.78, 5) is 22.3. The first-order valence-electron chi connectivity index (χ1n) is 5.76. The average Bonchev–Trinajstić information content (AvgIpc) is 2.32. The highest BCUT2D eigenvalue weighted by molar-refractivity contribution is 8.00. The second-order valence-electron chi connectivity index (χ2n) is 4.26. The normalized spacial score (nSPS) is 11.9. The minimum absolute atomic E-state index is 0.145. The fourth-order valence-electron chi connectivity index (χ4n) is 1.35. The summed E-state index contributed by atoms with van der Waals surface area (Å²) in [5, 5.41) is 12.1. The van der Waals surface area contributed by atoms with E-state index >= 15 is 0 Å². The number of carbonyl (C=O) groups is 2. The maximum Gasteiger partial charge on any atom is 0.307 e. The fraction of sp³-hybridized carbons (Fsp3) is 0.385. The van der Waals surface area contributed by atoms with Crippen molar-refractivity contribution >= 4 is 40.9 Å². The lowest BCUT2D eigenvalue weighted by atomic mass is 10.2. The lowest BCUT2D eigenvalue weighted by molar-refractivity contribution is -0.140. The molecule has 104 valence electrons. The van der Waals surface area contributed by atoms with Crippen LogP contribution in [-0.4, -0.2) is 28.5 Å². The minimum atomic E-state index is -0.846.